The lowest BCUT2D eigenvalue weighted by molar-refractivity contribution is -0.153. The van der Waals surface area contributed by atoms with Crippen LogP contribution in [0.4, 0.5) is 10.2 Å². The maximum Gasteiger partial charge on any atom is 0.368 e. The van der Waals surface area contributed by atoms with Crippen molar-refractivity contribution in [3.8, 4) is 0 Å². The summed E-state index contributed by atoms with van der Waals surface area (Å²) in [5, 5.41) is 22.5. The molecule has 108 valence electrons. The highest BCUT2D eigenvalue weighted by Gasteiger charge is 2.43. The van der Waals surface area contributed by atoms with Crippen LogP contribution in [0.5, 0.6) is 0 Å². The third kappa shape index (κ3) is 3.00. The standard InChI is InChI=1S/C9H14ClFN4O4/c1-19-9(3-10,4-16)6(17)7(11)15-8(18)14-5(12)2-13-15/h2,6-7,16-17H,3-4H2,1H3,(H2,12,14,18)/t6-,7-,9+/m0/s1. The predicted molar refractivity (Wildman–Crippen MR) is 64.4 cm³/mol. The van der Waals surface area contributed by atoms with E-state index in [1.807, 2.05) is 0 Å². The summed E-state index contributed by atoms with van der Waals surface area (Å²) >= 11 is 5.56. The minimum atomic E-state index is -2.30. The van der Waals surface area contributed by atoms with E-state index in [9.17, 15) is 19.4 Å². The average Bonchev–Trinajstić information content (AvgIpc) is 2.40. The summed E-state index contributed by atoms with van der Waals surface area (Å²) in [6, 6.07) is 0. The van der Waals surface area contributed by atoms with Crippen molar-refractivity contribution in [2.24, 2.45) is 0 Å². The van der Waals surface area contributed by atoms with Gasteiger partial charge in [-0.15, -0.1) is 11.6 Å². The topological polar surface area (TPSA) is 123 Å². The summed E-state index contributed by atoms with van der Waals surface area (Å²) in [6.45, 7) is -0.744. The third-order valence-electron chi connectivity index (χ3n) is 2.67. The molecule has 1 aromatic heterocycles. The molecule has 8 nitrogen and oxygen atoms in total. The van der Waals surface area contributed by atoms with Crippen molar-refractivity contribution in [2.45, 2.75) is 18.0 Å². The normalized spacial score (nSPS) is 17.7. The van der Waals surface area contributed by atoms with Gasteiger partial charge in [-0.05, 0) is 0 Å². The van der Waals surface area contributed by atoms with Crippen LogP contribution in [-0.2, 0) is 4.74 Å². The molecule has 0 aliphatic carbocycles. The van der Waals surface area contributed by atoms with Gasteiger partial charge in [-0.25, -0.2) is 9.18 Å². The summed E-state index contributed by atoms with van der Waals surface area (Å²) < 4.78 is 19.2. The first-order valence-corrected chi connectivity index (χ1v) is 5.70. The number of nitrogens with two attached hydrogens (primary N) is 1. The van der Waals surface area contributed by atoms with Gasteiger partial charge < -0.3 is 20.7 Å². The number of methoxy groups -OCH3 is 1. The number of alkyl halides is 2. The molecule has 0 aromatic carbocycles. The van der Waals surface area contributed by atoms with E-state index in [2.05, 4.69) is 10.1 Å². The summed E-state index contributed by atoms with van der Waals surface area (Å²) in [6.07, 6.45) is -3.27. The molecule has 0 bridgehead atoms. The molecule has 4 N–H and O–H groups in total. The molecule has 0 aliphatic heterocycles. The molecule has 0 saturated heterocycles. The molecule has 1 aromatic rings. The van der Waals surface area contributed by atoms with Gasteiger partial charge in [0.1, 0.15) is 17.5 Å². The Morgan fingerprint density at radius 3 is 2.79 bits per heavy atom. The molecule has 0 aliphatic rings. The second kappa shape index (κ2) is 6.24. The number of rotatable bonds is 6. The summed E-state index contributed by atoms with van der Waals surface area (Å²) in [5.74, 6) is -0.570. The smallest absolute Gasteiger partial charge is 0.368 e. The summed E-state index contributed by atoms with van der Waals surface area (Å²) in [5.41, 5.74) is 2.37. The molecular formula is C9H14ClFN4O4. The average molecular weight is 297 g/mol. The van der Waals surface area contributed by atoms with Gasteiger partial charge in [0.2, 0.25) is 6.30 Å². The van der Waals surface area contributed by atoms with E-state index in [-0.39, 0.29) is 10.5 Å². The molecule has 0 amide bonds. The molecule has 0 radical (unpaired) electrons. The predicted octanol–water partition coefficient (Wildman–Crippen LogP) is -1.33. The number of hydrogen-bond donors (Lipinski definition) is 3. The first kappa shape index (κ1) is 15.8. The molecule has 0 fully saturated rings. The van der Waals surface area contributed by atoms with Gasteiger partial charge in [-0.3, -0.25) is 0 Å². The highest BCUT2D eigenvalue weighted by atomic mass is 35.5. The highest BCUT2D eigenvalue weighted by Crippen LogP contribution is 2.26. The Labute approximate surface area is 112 Å². The first-order valence-electron chi connectivity index (χ1n) is 5.17. The number of anilines is 1. The minimum absolute atomic E-state index is 0.180. The maximum atomic E-state index is 14.1. The van der Waals surface area contributed by atoms with Crippen LogP contribution in [0.25, 0.3) is 0 Å². The van der Waals surface area contributed by atoms with Crippen LogP contribution in [0.15, 0.2) is 11.0 Å². The van der Waals surface area contributed by atoms with E-state index in [1.54, 1.807) is 0 Å². The van der Waals surface area contributed by atoms with Crippen molar-refractivity contribution >= 4 is 17.4 Å². The Hall–Kier alpha value is -1.29. The van der Waals surface area contributed by atoms with Crippen molar-refractivity contribution in [3.63, 3.8) is 0 Å². The Morgan fingerprint density at radius 1 is 1.74 bits per heavy atom. The molecule has 1 heterocycles. The Bertz CT molecular complexity index is 473. The van der Waals surface area contributed by atoms with E-state index in [4.69, 9.17) is 22.1 Å². The number of ether oxygens (including phenoxy) is 1. The maximum absolute atomic E-state index is 14.1. The van der Waals surface area contributed by atoms with E-state index in [0.29, 0.717) is 0 Å². The van der Waals surface area contributed by atoms with Gasteiger partial charge >= 0.3 is 5.69 Å². The second-order valence-corrected chi connectivity index (χ2v) is 4.05. The van der Waals surface area contributed by atoms with E-state index in [1.165, 1.54) is 0 Å². The lowest BCUT2D eigenvalue weighted by Gasteiger charge is -2.34. The van der Waals surface area contributed by atoms with Crippen LogP contribution < -0.4 is 11.4 Å². The van der Waals surface area contributed by atoms with Crippen molar-refractivity contribution in [1.82, 2.24) is 14.8 Å². The molecule has 3 atom stereocenters. The highest BCUT2D eigenvalue weighted by molar-refractivity contribution is 6.18. The fourth-order valence-electron chi connectivity index (χ4n) is 1.37. The van der Waals surface area contributed by atoms with Crippen molar-refractivity contribution in [2.75, 3.05) is 25.3 Å². The molecular weight excluding hydrogens is 283 g/mol. The Kier molecular flexibility index (Phi) is 5.18. The van der Waals surface area contributed by atoms with Gasteiger partial charge in [0.15, 0.2) is 0 Å². The van der Waals surface area contributed by atoms with Gasteiger partial charge in [-0.2, -0.15) is 14.8 Å². The molecule has 10 heteroatoms. The number of nitrogen functional groups attached to an aromatic ring is 1. The van der Waals surface area contributed by atoms with E-state index < -0.39 is 36.2 Å². The number of nitrogens with zero attached hydrogens (tertiary/aromatic N) is 3. The SMILES string of the molecule is CO[C@@](CO)(CCl)[C@@H](O)[C@@H](F)n1ncc(N)nc1=O. The van der Waals surface area contributed by atoms with Gasteiger partial charge in [-0.1, -0.05) is 0 Å². The third-order valence-corrected chi connectivity index (χ3v) is 3.12. The van der Waals surface area contributed by atoms with Gasteiger partial charge in [0.05, 0.1) is 18.7 Å². The largest absolute Gasteiger partial charge is 0.393 e. The lowest BCUT2D eigenvalue weighted by Crippen LogP contribution is -2.53. The van der Waals surface area contributed by atoms with Crippen molar-refractivity contribution in [3.05, 3.63) is 16.7 Å². The zero-order valence-corrected chi connectivity index (χ0v) is 10.8. The molecule has 0 saturated carbocycles. The van der Waals surface area contributed by atoms with Crippen LogP contribution in [0.1, 0.15) is 6.30 Å². The number of aromatic nitrogens is 3. The number of hydrogen-bond acceptors (Lipinski definition) is 7. The van der Waals surface area contributed by atoms with Crippen LogP contribution in [0.3, 0.4) is 0 Å². The van der Waals surface area contributed by atoms with Crippen molar-refractivity contribution in [1.29, 1.82) is 0 Å². The summed E-state index contributed by atoms with van der Waals surface area (Å²) in [4.78, 5) is 14.7. The minimum Gasteiger partial charge on any atom is -0.393 e. The molecule has 0 spiro atoms. The zero-order valence-electron chi connectivity index (χ0n) is 10.0. The van der Waals surface area contributed by atoms with Crippen molar-refractivity contribution < 1.29 is 19.3 Å². The van der Waals surface area contributed by atoms with Crippen LogP contribution in [0, 0.1) is 0 Å². The monoisotopic (exact) mass is 296 g/mol. The van der Waals surface area contributed by atoms with Crippen LogP contribution >= 0.6 is 11.6 Å². The van der Waals surface area contributed by atoms with Gasteiger partial charge in [0, 0.05) is 7.11 Å². The fraction of sp³-hybridized carbons (Fsp3) is 0.667. The first-order chi connectivity index (χ1) is 8.91. The van der Waals surface area contributed by atoms with E-state index >= 15 is 0 Å². The molecule has 1 rings (SSSR count). The Balaban J connectivity index is 3.11. The number of halogens is 2. The van der Waals surface area contributed by atoms with E-state index in [0.717, 1.165) is 13.3 Å². The zero-order chi connectivity index (χ0) is 14.6. The lowest BCUT2D eigenvalue weighted by atomic mass is 9.99. The summed E-state index contributed by atoms with van der Waals surface area (Å²) in [7, 11) is 1.14. The quantitative estimate of drug-likeness (QED) is 0.555. The second-order valence-electron chi connectivity index (χ2n) is 3.79. The van der Waals surface area contributed by atoms with Crippen LogP contribution in [0.2, 0.25) is 0 Å². The molecule has 0 unspecified atom stereocenters. The fourth-order valence-corrected chi connectivity index (χ4v) is 1.72. The number of aliphatic hydroxyl groups is 2. The molecule has 19 heavy (non-hydrogen) atoms. The van der Waals surface area contributed by atoms with Crippen LogP contribution in [-0.4, -0.2) is 56.3 Å². The van der Waals surface area contributed by atoms with Gasteiger partial charge in [0.25, 0.3) is 0 Å². The number of aliphatic hydroxyl groups excluding tert-OH is 2. The Morgan fingerprint density at radius 2 is 2.37 bits per heavy atom.